The number of thioether (sulfide) groups is 1. The Morgan fingerprint density at radius 1 is 0.967 bits per heavy atom. The quantitative estimate of drug-likeness (QED) is 0.372. The summed E-state index contributed by atoms with van der Waals surface area (Å²) in [5, 5.41) is 0.780. The maximum atomic E-state index is 13.4. The highest BCUT2D eigenvalue weighted by atomic mass is 32.2. The lowest BCUT2D eigenvalue weighted by Crippen LogP contribution is -2.37. The van der Waals surface area contributed by atoms with Crippen LogP contribution in [0.1, 0.15) is 11.1 Å². The summed E-state index contributed by atoms with van der Waals surface area (Å²) in [7, 11) is 3.01. The Bertz CT molecular complexity index is 1380. The van der Waals surface area contributed by atoms with Crippen LogP contribution in [0.3, 0.4) is 0 Å². The van der Waals surface area contributed by atoms with E-state index in [1.54, 1.807) is 19.2 Å². The van der Waals surface area contributed by atoms with E-state index in [4.69, 9.17) is 0 Å². The zero-order chi connectivity index (χ0) is 21.4. The summed E-state index contributed by atoms with van der Waals surface area (Å²) in [5.41, 5.74) is 2.22. The van der Waals surface area contributed by atoms with E-state index in [-0.39, 0.29) is 11.5 Å². The van der Waals surface area contributed by atoms with Gasteiger partial charge >= 0.3 is 5.69 Å². The molecule has 0 N–H and O–H groups in total. The van der Waals surface area contributed by atoms with E-state index in [0.717, 1.165) is 15.7 Å². The van der Waals surface area contributed by atoms with Gasteiger partial charge in [0.25, 0.3) is 5.56 Å². The van der Waals surface area contributed by atoms with Crippen LogP contribution in [-0.2, 0) is 19.8 Å². The first kappa shape index (κ1) is 20.0. The highest BCUT2D eigenvalue weighted by Gasteiger charge is 2.18. The minimum absolute atomic E-state index is 0.254. The van der Waals surface area contributed by atoms with Gasteiger partial charge in [0, 0.05) is 25.4 Å². The van der Waals surface area contributed by atoms with Crippen molar-refractivity contribution in [3.05, 3.63) is 86.3 Å². The molecule has 0 unspecified atom stereocenters. The molecule has 0 aliphatic heterocycles. The number of fused-ring (bicyclic) bond motifs is 1. The first-order valence-corrected chi connectivity index (χ1v) is 10.3. The third-order valence-corrected chi connectivity index (χ3v) is 6.02. The van der Waals surface area contributed by atoms with Gasteiger partial charge in [-0.05, 0) is 42.3 Å². The van der Waals surface area contributed by atoms with Gasteiger partial charge in [-0.25, -0.2) is 19.2 Å². The lowest BCUT2D eigenvalue weighted by atomic mass is 10.1. The molecule has 0 amide bonds. The van der Waals surface area contributed by atoms with Gasteiger partial charge in [-0.3, -0.25) is 13.9 Å². The molecule has 0 spiro atoms. The van der Waals surface area contributed by atoms with Gasteiger partial charge in [0.15, 0.2) is 11.5 Å². The Balaban J connectivity index is 1.93. The SMILES string of the molecule is Cc1ccccc1CSc1nc(-c2ccc(F)cc2)nc2c1c(=O)n(C)c(=O)n2C. The lowest BCUT2D eigenvalue weighted by Gasteiger charge is -2.12. The molecule has 0 fully saturated rings. The number of halogens is 1. The Morgan fingerprint density at radius 3 is 2.37 bits per heavy atom. The van der Waals surface area contributed by atoms with E-state index in [9.17, 15) is 14.0 Å². The predicted molar refractivity (Wildman–Crippen MR) is 116 cm³/mol. The molecule has 0 radical (unpaired) electrons. The van der Waals surface area contributed by atoms with Crippen molar-refractivity contribution in [1.29, 1.82) is 0 Å². The molecule has 8 heteroatoms. The van der Waals surface area contributed by atoms with Gasteiger partial charge in [0.2, 0.25) is 0 Å². The van der Waals surface area contributed by atoms with Crippen LogP contribution in [-0.4, -0.2) is 19.1 Å². The summed E-state index contributed by atoms with van der Waals surface area (Å²) < 4.78 is 15.8. The second-order valence-electron chi connectivity index (χ2n) is 6.98. The smallest absolute Gasteiger partial charge is 0.280 e. The molecular weight excluding hydrogens is 403 g/mol. The summed E-state index contributed by atoms with van der Waals surface area (Å²) in [5.74, 6) is 0.571. The van der Waals surface area contributed by atoms with Crippen molar-refractivity contribution in [2.75, 3.05) is 0 Å². The maximum absolute atomic E-state index is 13.4. The number of hydrogen-bond donors (Lipinski definition) is 0. The van der Waals surface area contributed by atoms with Crippen molar-refractivity contribution < 1.29 is 4.39 Å². The molecule has 0 saturated carbocycles. The summed E-state index contributed by atoms with van der Waals surface area (Å²) in [6.45, 7) is 2.03. The topological polar surface area (TPSA) is 69.8 Å². The Labute approximate surface area is 176 Å². The zero-order valence-corrected chi connectivity index (χ0v) is 17.5. The zero-order valence-electron chi connectivity index (χ0n) is 16.7. The number of aryl methyl sites for hydroxylation is 2. The number of benzene rings is 2. The van der Waals surface area contributed by atoms with Crippen LogP contribution in [0.5, 0.6) is 0 Å². The van der Waals surface area contributed by atoms with E-state index in [0.29, 0.717) is 27.6 Å². The Hall–Kier alpha value is -3.26. The van der Waals surface area contributed by atoms with E-state index in [2.05, 4.69) is 9.97 Å². The monoisotopic (exact) mass is 422 g/mol. The van der Waals surface area contributed by atoms with E-state index in [1.165, 1.54) is 35.5 Å². The Morgan fingerprint density at radius 2 is 1.67 bits per heavy atom. The molecule has 4 rings (SSSR count). The molecular formula is C22H19FN4O2S. The second-order valence-corrected chi connectivity index (χ2v) is 7.94. The predicted octanol–water partition coefficient (Wildman–Crippen LogP) is 3.43. The molecule has 2 aromatic heterocycles. The highest BCUT2D eigenvalue weighted by molar-refractivity contribution is 7.98. The van der Waals surface area contributed by atoms with E-state index in [1.807, 2.05) is 31.2 Å². The number of aromatic nitrogens is 4. The fourth-order valence-electron chi connectivity index (χ4n) is 3.18. The standard InChI is InChI=1S/C22H19FN4O2S/c1-13-6-4-5-7-15(13)12-30-20-17-19(26(2)22(29)27(3)21(17)28)24-18(25-20)14-8-10-16(23)11-9-14/h4-11H,12H2,1-3H3. The van der Waals surface area contributed by atoms with Gasteiger partial charge in [0.05, 0.1) is 0 Å². The van der Waals surface area contributed by atoms with Crippen molar-refractivity contribution in [2.24, 2.45) is 14.1 Å². The van der Waals surface area contributed by atoms with Crippen LogP contribution in [0.4, 0.5) is 4.39 Å². The molecule has 0 aliphatic rings. The number of hydrogen-bond acceptors (Lipinski definition) is 5. The summed E-state index contributed by atoms with van der Waals surface area (Å²) in [4.78, 5) is 34.4. The lowest BCUT2D eigenvalue weighted by molar-refractivity contribution is 0.628. The van der Waals surface area contributed by atoms with Crippen LogP contribution in [0.15, 0.2) is 63.1 Å². The van der Waals surface area contributed by atoms with Gasteiger partial charge in [0.1, 0.15) is 16.2 Å². The van der Waals surface area contributed by atoms with Crippen LogP contribution < -0.4 is 11.2 Å². The summed E-state index contributed by atoms with van der Waals surface area (Å²) >= 11 is 1.41. The van der Waals surface area contributed by atoms with Crippen LogP contribution >= 0.6 is 11.8 Å². The molecule has 0 aliphatic carbocycles. The van der Waals surface area contributed by atoms with Gasteiger partial charge < -0.3 is 0 Å². The highest BCUT2D eigenvalue weighted by Crippen LogP contribution is 2.29. The normalized spacial score (nSPS) is 11.2. The molecule has 0 saturated heterocycles. The van der Waals surface area contributed by atoms with E-state index >= 15 is 0 Å². The third kappa shape index (κ3) is 3.54. The van der Waals surface area contributed by atoms with Gasteiger partial charge in [-0.2, -0.15) is 0 Å². The van der Waals surface area contributed by atoms with Gasteiger partial charge in [-0.15, -0.1) is 11.8 Å². The van der Waals surface area contributed by atoms with Crippen molar-refractivity contribution in [3.63, 3.8) is 0 Å². The second kappa shape index (κ2) is 7.87. The molecule has 30 heavy (non-hydrogen) atoms. The number of nitrogens with zero attached hydrogens (tertiary/aromatic N) is 4. The third-order valence-electron chi connectivity index (χ3n) is 4.99. The molecule has 152 valence electrons. The summed E-state index contributed by atoms with van der Waals surface area (Å²) in [6.07, 6.45) is 0. The largest absolute Gasteiger partial charge is 0.332 e. The fourth-order valence-corrected chi connectivity index (χ4v) is 4.27. The van der Waals surface area contributed by atoms with Crippen LogP contribution in [0.25, 0.3) is 22.4 Å². The molecule has 2 aromatic carbocycles. The van der Waals surface area contributed by atoms with Crippen molar-refractivity contribution >= 4 is 22.8 Å². The molecule has 2 heterocycles. The average Bonchev–Trinajstić information content (AvgIpc) is 2.75. The van der Waals surface area contributed by atoms with Crippen LogP contribution in [0.2, 0.25) is 0 Å². The first-order valence-electron chi connectivity index (χ1n) is 9.28. The molecule has 0 atom stereocenters. The first-order chi connectivity index (χ1) is 14.4. The number of rotatable bonds is 4. The molecule has 6 nitrogen and oxygen atoms in total. The Kier molecular flexibility index (Phi) is 5.26. The van der Waals surface area contributed by atoms with Crippen molar-refractivity contribution in [2.45, 2.75) is 17.7 Å². The van der Waals surface area contributed by atoms with Crippen molar-refractivity contribution in [3.8, 4) is 11.4 Å². The maximum Gasteiger partial charge on any atom is 0.332 e. The van der Waals surface area contributed by atoms with Crippen LogP contribution in [0, 0.1) is 12.7 Å². The minimum Gasteiger partial charge on any atom is -0.280 e. The fraction of sp³-hybridized carbons (Fsp3) is 0.182. The van der Waals surface area contributed by atoms with E-state index < -0.39 is 11.2 Å². The summed E-state index contributed by atoms with van der Waals surface area (Å²) in [6, 6.07) is 13.8. The molecule has 0 bridgehead atoms. The average molecular weight is 422 g/mol. The van der Waals surface area contributed by atoms with Crippen molar-refractivity contribution in [1.82, 2.24) is 19.1 Å². The molecule has 4 aromatic rings. The van der Waals surface area contributed by atoms with Gasteiger partial charge in [-0.1, -0.05) is 24.3 Å². The minimum atomic E-state index is -0.467.